The van der Waals surface area contributed by atoms with Crippen molar-refractivity contribution in [2.75, 3.05) is 11.9 Å². The van der Waals surface area contributed by atoms with E-state index in [0.717, 1.165) is 39.5 Å². The van der Waals surface area contributed by atoms with Crippen LogP contribution in [0.25, 0.3) is 22.2 Å². The molecule has 4 heterocycles. The molecule has 6 aromatic rings. The van der Waals surface area contributed by atoms with Crippen molar-refractivity contribution in [2.45, 2.75) is 52.3 Å². The summed E-state index contributed by atoms with van der Waals surface area (Å²) in [5, 5.41) is 9.24. The Morgan fingerprint density at radius 3 is 2.44 bits per heavy atom. The molecule has 0 unspecified atom stereocenters. The smallest absolute Gasteiger partial charge is 0.282 e. The average Bonchev–Trinajstić information content (AvgIpc) is 3.59. The highest BCUT2D eigenvalue weighted by Gasteiger charge is 2.22. The topological polar surface area (TPSA) is 91.3 Å². The lowest BCUT2D eigenvalue weighted by Crippen LogP contribution is -2.29. The van der Waals surface area contributed by atoms with Gasteiger partial charge in [-0.3, -0.25) is 9.36 Å². The third-order valence-electron chi connectivity index (χ3n) is 7.66. The summed E-state index contributed by atoms with van der Waals surface area (Å²) in [6.45, 7) is 12.0. The molecule has 45 heavy (non-hydrogen) atoms. The van der Waals surface area contributed by atoms with E-state index < -0.39 is 14.1 Å². The van der Waals surface area contributed by atoms with E-state index in [9.17, 15) is 4.79 Å². The maximum absolute atomic E-state index is 13.9. The predicted molar refractivity (Wildman–Crippen MR) is 182 cm³/mol. The van der Waals surface area contributed by atoms with Gasteiger partial charge in [-0.25, -0.2) is 14.5 Å². The average molecular weight is 616 g/mol. The van der Waals surface area contributed by atoms with Crippen LogP contribution in [0, 0.1) is 18.8 Å². The van der Waals surface area contributed by atoms with E-state index in [4.69, 9.17) is 9.84 Å². The van der Waals surface area contributed by atoms with Crippen molar-refractivity contribution < 1.29 is 4.74 Å². The maximum atomic E-state index is 13.9. The van der Waals surface area contributed by atoms with Crippen LogP contribution in [-0.4, -0.2) is 43.4 Å². The van der Waals surface area contributed by atoms with Gasteiger partial charge < -0.3 is 14.6 Å². The molecule has 6 rings (SSSR count). The van der Waals surface area contributed by atoms with Crippen molar-refractivity contribution in [3.63, 3.8) is 0 Å². The number of fused-ring (bicyclic) bond motifs is 2. The molecule has 4 aromatic heterocycles. The summed E-state index contributed by atoms with van der Waals surface area (Å²) in [7, 11) is -1.23. The zero-order valence-electron chi connectivity index (χ0n) is 26.3. The standard InChI is InChI=1S/C35H37N7O2Si/c1-25-18-19-41-31(25)35(43)42(29-14-10-7-11-15-29)33(39-41)26(2)38-32-30-28(17-16-27-12-8-6-9-13-27)22-40(34(30)37-23-36-32)24-44-20-21-45(3,4)5/h6-15,18-19,22-23,26H,20-21,24H2,1-5H3,(H,36,37,38)/t26-/m0/s1. The number of nitrogens with one attached hydrogen (secondary N) is 1. The molecule has 0 saturated carbocycles. The molecule has 1 atom stereocenters. The van der Waals surface area contributed by atoms with E-state index >= 15 is 0 Å². The summed E-state index contributed by atoms with van der Waals surface area (Å²) < 4.78 is 11.4. The molecule has 2 aromatic carbocycles. The van der Waals surface area contributed by atoms with Gasteiger partial charge in [0.25, 0.3) is 5.56 Å². The van der Waals surface area contributed by atoms with Gasteiger partial charge in [-0.05, 0) is 55.8 Å². The van der Waals surface area contributed by atoms with Gasteiger partial charge >= 0.3 is 0 Å². The molecule has 0 aliphatic heterocycles. The van der Waals surface area contributed by atoms with Gasteiger partial charge in [0.1, 0.15) is 30.0 Å². The Labute approximate surface area is 263 Å². The number of nitrogens with zero attached hydrogens (tertiary/aromatic N) is 6. The van der Waals surface area contributed by atoms with Crippen molar-refractivity contribution in [1.82, 2.24) is 28.7 Å². The minimum Gasteiger partial charge on any atom is -0.361 e. The van der Waals surface area contributed by atoms with Crippen LogP contribution < -0.4 is 10.9 Å². The summed E-state index contributed by atoms with van der Waals surface area (Å²) in [6.07, 6.45) is 5.34. The van der Waals surface area contributed by atoms with E-state index in [-0.39, 0.29) is 5.56 Å². The molecule has 0 radical (unpaired) electrons. The van der Waals surface area contributed by atoms with Crippen LogP contribution in [0.5, 0.6) is 0 Å². The first-order chi connectivity index (χ1) is 21.7. The van der Waals surface area contributed by atoms with Gasteiger partial charge in [0, 0.05) is 32.6 Å². The molecular weight excluding hydrogens is 579 g/mol. The summed E-state index contributed by atoms with van der Waals surface area (Å²) in [6, 6.07) is 22.0. The summed E-state index contributed by atoms with van der Waals surface area (Å²) in [4.78, 5) is 23.2. The Morgan fingerprint density at radius 1 is 0.978 bits per heavy atom. The van der Waals surface area contributed by atoms with Crippen LogP contribution in [0.1, 0.15) is 35.5 Å². The van der Waals surface area contributed by atoms with Gasteiger partial charge in [-0.2, -0.15) is 5.10 Å². The van der Waals surface area contributed by atoms with E-state index in [1.54, 1.807) is 15.4 Å². The predicted octanol–water partition coefficient (Wildman–Crippen LogP) is 6.42. The van der Waals surface area contributed by atoms with Crippen LogP contribution in [0.4, 0.5) is 5.82 Å². The molecule has 0 saturated heterocycles. The molecule has 10 heteroatoms. The number of aryl methyl sites for hydroxylation is 1. The zero-order chi connectivity index (χ0) is 31.6. The second-order valence-corrected chi connectivity index (χ2v) is 18.0. The third kappa shape index (κ3) is 6.45. The van der Waals surface area contributed by atoms with Gasteiger partial charge in [0.2, 0.25) is 0 Å². The first-order valence-corrected chi connectivity index (χ1v) is 18.8. The van der Waals surface area contributed by atoms with Gasteiger partial charge in [0.15, 0.2) is 5.82 Å². The number of hydrogen-bond acceptors (Lipinski definition) is 6. The summed E-state index contributed by atoms with van der Waals surface area (Å²) >= 11 is 0. The number of hydrogen-bond donors (Lipinski definition) is 1. The Hall–Kier alpha value is -4.98. The lowest BCUT2D eigenvalue weighted by atomic mass is 10.2. The summed E-state index contributed by atoms with van der Waals surface area (Å²) in [5.74, 6) is 7.78. The van der Waals surface area contributed by atoms with Crippen molar-refractivity contribution in [1.29, 1.82) is 0 Å². The molecule has 228 valence electrons. The number of ether oxygens (including phenoxy) is 1. The zero-order valence-corrected chi connectivity index (χ0v) is 27.3. The molecule has 0 bridgehead atoms. The quantitative estimate of drug-likeness (QED) is 0.115. The van der Waals surface area contributed by atoms with Crippen LogP contribution in [-0.2, 0) is 11.5 Å². The number of para-hydroxylation sites is 1. The minimum absolute atomic E-state index is 0.133. The molecule has 0 aliphatic rings. The highest BCUT2D eigenvalue weighted by atomic mass is 28.3. The fourth-order valence-corrected chi connectivity index (χ4v) is 5.99. The minimum atomic E-state index is -1.23. The first kappa shape index (κ1) is 30.1. The SMILES string of the molecule is Cc1ccn2nc([C@H](C)Nc3ncnc4c3c(C#Cc3ccccc3)cn4COCC[Si](C)(C)C)n(-c3ccccc3)c(=O)c12. The second-order valence-electron chi connectivity index (χ2n) is 12.4. The fraction of sp³-hybridized carbons (Fsp3) is 0.257. The van der Waals surface area contributed by atoms with Gasteiger partial charge in [-0.1, -0.05) is 67.9 Å². The van der Waals surface area contributed by atoms with E-state index in [2.05, 4.69) is 46.8 Å². The normalized spacial score (nSPS) is 12.3. The van der Waals surface area contributed by atoms with E-state index in [1.807, 2.05) is 97.5 Å². The largest absolute Gasteiger partial charge is 0.361 e. The van der Waals surface area contributed by atoms with Crippen molar-refractivity contribution >= 4 is 30.4 Å². The second kappa shape index (κ2) is 12.6. The van der Waals surface area contributed by atoms with Crippen LogP contribution in [0.2, 0.25) is 25.7 Å². The van der Waals surface area contributed by atoms with Crippen LogP contribution in [0.15, 0.2) is 90.2 Å². The lowest BCUT2D eigenvalue weighted by Gasteiger charge is -2.20. The van der Waals surface area contributed by atoms with Crippen LogP contribution >= 0.6 is 0 Å². The molecule has 0 amide bonds. The highest BCUT2D eigenvalue weighted by molar-refractivity contribution is 6.76. The monoisotopic (exact) mass is 615 g/mol. The summed E-state index contributed by atoms with van der Waals surface area (Å²) in [5.41, 5.74) is 4.44. The maximum Gasteiger partial charge on any atom is 0.282 e. The molecule has 0 fully saturated rings. The molecule has 9 nitrogen and oxygen atoms in total. The number of benzene rings is 2. The Kier molecular flexibility index (Phi) is 8.39. The Morgan fingerprint density at radius 2 is 1.71 bits per heavy atom. The third-order valence-corrected chi connectivity index (χ3v) is 9.37. The molecule has 0 aliphatic carbocycles. The lowest BCUT2D eigenvalue weighted by molar-refractivity contribution is 0.0898. The molecule has 0 spiro atoms. The number of anilines is 1. The van der Waals surface area contributed by atoms with Crippen molar-refractivity contribution in [3.8, 4) is 17.5 Å². The Bertz CT molecular complexity index is 2080. The van der Waals surface area contributed by atoms with Crippen LogP contribution in [0.3, 0.4) is 0 Å². The highest BCUT2D eigenvalue weighted by Crippen LogP contribution is 2.29. The first-order valence-electron chi connectivity index (χ1n) is 15.1. The van der Waals surface area contributed by atoms with E-state index in [1.165, 1.54) is 0 Å². The fourth-order valence-electron chi connectivity index (χ4n) is 5.24. The van der Waals surface area contributed by atoms with Gasteiger partial charge in [-0.15, -0.1) is 0 Å². The Balaban J connectivity index is 1.42. The number of rotatable bonds is 9. The van der Waals surface area contributed by atoms with Crippen molar-refractivity contribution in [3.05, 3.63) is 118 Å². The van der Waals surface area contributed by atoms with Gasteiger partial charge in [0.05, 0.1) is 22.7 Å². The molecular formula is C35H37N7O2Si. The van der Waals surface area contributed by atoms with E-state index in [0.29, 0.717) is 30.5 Å². The number of aromatic nitrogens is 6. The molecule has 1 N–H and O–H groups in total. The van der Waals surface area contributed by atoms with Crippen molar-refractivity contribution in [2.24, 2.45) is 0 Å².